The minimum absolute atomic E-state index is 0.227. The van der Waals surface area contributed by atoms with Crippen molar-refractivity contribution in [3.8, 4) is 10.6 Å². The Balaban J connectivity index is 1.77. The highest BCUT2D eigenvalue weighted by atomic mass is 32.1. The summed E-state index contributed by atoms with van der Waals surface area (Å²) in [5.41, 5.74) is 9.36. The van der Waals surface area contributed by atoms with Crippen molar-refractivity contribution < 1.29 is 9.59 Å². The van der Waals surface area contributed by atoms with E-state index < -0.39 is 6.04 Å². The molecular weight excluding hydrogens is 398 g/mol. The highest BCUT2D eigenvalue weighted by Gasteiger charge is 2.16. The zero-order chi connectivity index (χ0) is 21.7. The van der Waals surface area contributed by atoms with Crippen LogP contribution in [0.5, 0.6) is 0 Å². The minimum Gasteiger partial charge on any atom is -0.377 e. The van der Waals surface area contributed by atoms with Gasteiger partial charge in [0, 0.05) is 49.2 Å². The standard InChI is InChI=1S/C22H25N5O2S/c1-14(23)20(28)26-17-7-8-19(27(2)3)18(12-17)21(29)25-13-15-5-4-6-16(11-15)22-24-9-10-30-22/h4-12,14H,13,23H2,1-3H3,(H,25,29)(H,26,28). The fourth-order valence-corrected chi connectivity index (χ4v) is 3.54. The molecule has 8 heteroatoms. The summed E-state index contributed by atoms with van der Waals surface area (Å²) in [5, 5.41) is 8.57. The number of nitrogens with two attached hydrogens (primary N) is 1. The highest BCUT2D eigenvalue weighted by molar-refractivity contribution is 7.13. The van der Waals surface area contributed by atoms with Gasteiger partial charge in [-0.1, -0.05) is 18.2 Å². The third-order valence-electron chi connectivity index (χ3n) is 4.46. The lowest BCUT2D eigenvalue weighted by Gasteiger charge is -2.19. The van der Waals surface area contributed by atoms with Crippen LogP contribution >= 0.6 is 11.3 Å². The number of nitrogens with one attached hydrogen (secondary N) is 2. The Bertz CT molecular complexity index is 1030. The lowest BCUT2D eigenvalue weighted by atomic mass is 10.1. The largest absolute Gasteiger partial charge is 0.377 e. The monoisotopic (exact) mass is 423 g/mol. The first kappa shape index (κ1) is 21.5. The number of nitrogens with zero attached hydrogens (tertiary/aromatic N) is 2. The van der Waals surface area contributed by atoms with E-state index in [0.29, 0.717) is 17.8 Å². The number of benzene rings is 2. The second-order valence-corrected chi connectivity index (χ2v) is 8.02. The first-order valence-electron chi connectivity index (χ1n) is 9.50. The summed E-state index contributed by atoms with van der Waals surface area (Å²) < 4.78 is 0. The van der Waals surface area contributed by atoms with Crippen molar-refractivity contribution in [3.63, 3.8) is 0 Å². The molecule has 4 N–H and O–H groups in total. The molecule has 0 bridgehead atoms. The molecule has 3 aromatic rings. The van der Waals surface area contributed by atoms with Crippen molar-refractivity contribution in [2.75, 3.05) is 24.3 Å². The SMILES string of the molecule is CC(N)C(=O)Nc1ccc(N(C)C)c(C(=O)NCc2cccc(-c3nccs3)c2)c1. The van der Waals surface area contributed by atoms with Crippen LogP contribution in [0.2, 0.25) is 0 Å². The Hall–Kier alpha value is -3.23. The molecule has 0 aliphatic rings. The Kier molecular flexibility index (Phi) is 6.81. The molecule has 0 aliphatic heterocycles. The molecule has 0 saturated carbocycles. The Morgan fingerprint density at radius 2 is 2.00 bits per heavy atom. The van der Waals surface area contributed by atoms with Crippen LogP contribution in [-0.2, 0) is 11.3 Å². The molecule has 1 unspecified atom stereocenters. The summed E-state index contributed by atoms with van der Waals surface area (Å²) in [7, 11) is 3.73. The maximum Gasteiger partial charge on any atom is 0.253 e. The summed E-state index contributed by atoms with van der Waals surface area (Å²) in [6.45, 7) is 1.98. The van der Waals surface area contributed by atoms with E-state index in [0.717, 1.165) is 21.8 Å². The third-order valence-corrected chi connectivity index (χ3v) is 5.29. The molecule has 30 heavy (non-hydrogen) atoms. The van der Waals surface area contributed by atoms with Gasteiger partial charge in [-0.2, -0.15) is 0 Å². The van der Waals surface area contributed by atoms with Crippen molar-refractivity contribution in [1.29, 1.82) is 0 Å². The summed E-state index contributed by atoms with van der Waals surface area (Å²) in [6.07, 6.45) is 1.77. The van der Waals surface area contributed by atoms with E-state index in [4.69, 9.17) is 5.73 Å². The van der Waals surface area contributed by atoms with E-state index in [1.54, 1.807) is 42.7 Å². The van der Waals surface area contributed by atoms with Gasteiger partial charge >= 0.3 is 0 Å². The van der Waals surface area contributed by atoms with Gasteiger partial charge in [0.1, 0.15) is 5.01 Å². The topological polar surface area (TPSA) is 100 Å². The molecule has 7 nitrogen and oxygen atoms in total. The predicted molar refractivity (Wildman–Crippen MR) is 122 cm³/mol. The van der Waals surface area contributed by atoms with E-state index in [9.17, 15) is 9.59 Å². The Morgan fingerprint density at radius 3 is 2.67 bits per heavy atom. The van der Waals surface area contributed by atoms with Crippen LogP contribution in [0.1, 0.15) is 22.8 Å². The van der Waals surface area contributed by atoms with Gasteiger partial charge in [0.2, 0.25) is 5.91 Å². The molecule has 2 amide bonds. The third kappa shape index (κ3) is 5.22. The van der Waals surface area contributed by atoms with E-state index >= 15 is 0 Å². The molecule has 0 spiro atoms. The number of carbonyl (C=O) groups is 2. The van der Waals surface area contributed by atoms with Gasteiger partial charge < -0.3 is 21.3 Å². The molecule has 1 aromatic heterocycles. The number of anilines is 2. The normalized spacial score (nSPS) is 11.6. The number of carbonyl (C=O) groups excluding carboxylic acids is 2. The maximum atomic E-state index is 12.9. The summed E-state index contributed by atoms with van der Waals surface area (Å²) >= 11 is 1.57. The molecular formula is C22H25N5O2S. The first-order valence-corrected chi connectivity index (χ1v) is 10.4. The number of aromatic nitrogens is 1. The van der Waals surface area contributed by atoms with Gasteiger partial charge in [-0.25, -0.2) is 4.98 Å². The van der Waals surface area contributed by atoms with E-state index in [1.165, 1.54) is 0 Å². The number of amides is 2. The van der Waals surface area contributed by atoms with E-state index in [1.807, 2.05) is 48.6 Å². The van der Waals surface area contributed by atoms with Crippen LogP contribution < -0.4 is 21.3 Å². The van der Waals surface area contributed by atoms with Crippen molar-refractivity contribution >= 4 is 34.5 Å². The van der Waals surface area contributed by atoms with E-state index in [-0.39, 0.29) is 11.8 Å². The minimum atomic E-state index is -0.638. The van der Waals surface area contributed by atoms with Gasteiger partial charge in [0.25, 0.3) is 5.91 Å². The lowest BCUT2D eigenvalue weighted by Crippen LogP contribution is -2.32. The number of rotatable bonds is 7. The van der Waals surface area contributed by atoms with Gasteiger partial charge in [-0.15, -0.1) is 11.3 Å². The molecule has 0 radical (unpaired) electrons. The Labute approximate surface area is 179 Å². The second-order valence-electron chi connectivity index (χ2n) is 7.12. The zero-order valence-electron chi connectivity index (χ0n) is 17.2. The van der Waals surface area contributed by atoms with Gasteiger partial charge in [-0.3, -0.25) is 9.59 Å². The van der Waals surface area contributed by atoms with Crippen molar-refractivity contribution in [3.05, 3.63) is 65.2 Å². The van der Waals surface area contributed by atoms with Crippen molar-refractivity contribution in [1.82, 2.24) is 10.3 Å². The van der Waals surface area contributed by atoms with Crippen LogP contribution in [0.3, 0.4) is 0 Å². The van der Waals surface area contributed by atoms with Crippen LogP contribution in [0, 0.1) is 0 Å². The lowest BCUT2D eigenvalue weighted by molar-refractivity contribution is -0.117. The van der Waals surface area contributed by atoms with Crippen molar-refractivity contribution in [2.24, 2.45) is 5.73 Å². The summed E-state index contributed by atoms with van der Waals surface area (Å²) in [4.78, 5) is 31.0. The molecule has 1 heterocycles. The quantitative estimate of drug-likeness (QED) is 0.542. The smallest absolute Gasteiger partial charge is 0.253 e. The average Bonchev–Trinajstić information content (AvgIpc) is 3.27. The fraction of sp³-hybridized carbons (Fsp3) is 0.227. The molecule has 3 rings (SSSR count). The van der Waals surface area contributed by atoms with Crippen LogP contribution in [-0.4, -0.2) is 36.9 Å². The highest BCUT2D eigenvalue weighted by Crippen LogP contribution is 2.24. The maximum absolute atomic E-state index is 12.9. The van der Waals surface area contributed by atoms with Gasteiger partial charge in [0.15, 0.2) is 0 Å². The summed E-state index contributed by atoms with van der Waals surface area (Å²) in [6, 6.07) is 12.5. The molecule has 0 aliphatic carbocycles. The Morgan fingerprint density at radius 1 is 1.20 bits per heavy atom. The van der Waals surface area contributed by atoms with Crippen molar-refractivity contribution in [2.45, 2.75) is 19.5 Å². The second kappa shape index (κ2) is 9.51. The molecule has 0 saturated heterocycles. The van der Waals surface area contributed by atoms with Crippen LogP contribution in [0.25, 0.3) is 10.6 Å². The molecule has 2 aromatic carbocycles. The summed E-state index contributed by atoms with van der Waals surface area (Å²) in [5.74, 6) is -0.534. The molecule has 0 fully saturated rings. The number of hydrogen-bond acceptors (Lipinski definition) is 6. The van der Waals surface area contributed by atoms with Crippen LogP contribution in [0.15, 0.2) is 54.0 Å². The van der Waals surface area contributed by atoms with Crippen LogP contribution in [0.4, 0.5) is 11.4 Å². The first-order chi connectivity index (χ1) is 14.3. The van der Waals surface area contributed by atoms with E-state index in [2.05, 4.69) is 15.6 Å². The fourth-order valence-electron chi connectivity index (χ4n) is 2.90. The molecule has 1 atom stereocenters. The predicted octanol–water partition coefficient (Wildman–Crippen LogP) is 3.09. The number of hydrogen-bond donors (Lipinski definition) is 3. The van der Waals surface area contributed by atoms with Gasteiger partial charge in [-0.05, 0) is 36.8 Å². The number of thiazole rings is 1. The zero-order valence-corrected chi connectivity index (χ0v) is 18.0. The van der Waals surface area contributed by atoms with Gasteiger partial charge in [0.05, 0.1) is 11.6 Å². The average molecular weight is 424 g/mol. The molecule has 156 valence electrons.